The summed E-state index contributed by atoms with van der Waals surface area (Å²) in [7, 11) is 0. The summed E-state index contributed by atoms with van der Waals surface area (Å²) in [6.07, 6.45) is 0.601. The summed E-state index contributed by atoms with van der Waals surface area (Å²) in [5, 5.41) is 14.5. The zero-order valence-electron chi connectivity index (χ0n) is 12.1. The van der Waals surface area contributed by atoms with Gasteiger partial charge >= 0.3 is 6.09 Å². The molecule has 122 valence electrons. The van der Waals surface area contributed by atoms with Crippen molar-refractivity contribution in [3.63, 3.8) is 0 Å². The molecule has 1 aliphatic rings. The number of rotatable bonds is 6. The standard InChI is InChI=1S/C15H20ClFN2O3/c16-12-6-11(7-13(17)8-12)14(10-2-1-3-18-9-10)22-5-4-19-15(20)21/h6-8,10,14,18-19H,1-5,9H2,(H,20,21)/t10?,14-/m1/s1. The molecule has 3 N–H and O–H groups in total. The van der Waals surface area contributed by atoms with E-state index in [-0.39, 0.29) is 25.2 Å². The molecule has 1 fully saturated rings. The number of hydrogen-bond donors (Lipinski definition) is 3. The number of hydrogen-bond acceptors (Lipinski definition) is 3. The van der Waals surface area contributed by atoms with Gasteiger partial charge in [0.1, 0.15) is 5.82 Å². The van der Waals surface area contributed by atoms with Gasteiger partial charge in [0.15, 0.2) is 0 Å². The van der Waals surface area contributed by atoms with Crippen molar-refractivity contribution in [2.75, 3.05) is 26.2 Å². The number of nitrogens with one attached hydrogen (secondary N) is 2. The minimum Gasteiger partial charge on any atom is -0.465 e. The van der Waals surface area contributed by atoms with E-state index in [4.69, 9.17) is 21.4 Å². The molecule has 5 nitrogen and oxygen atoms in total. The van der Waals surface area contributed by atoms with Gasteiger partial charge in [-0.05, 0) is 43.1 Å². The number of carbonyl (C=O) groups is 1. The molecule has 1 saturated heterocycles. The Hall–Kier alpha value is -1.37. The molecule has 0 saturated carbocycles. The third-order valence-corrected chi connectivity index (χ3v) is 3.87. The van der Waals surface area contributed by atoms with Gasteiger partial charge < -0.3 is 20.5 Å². The second-order valence-electron chi connectivity index (χ2n) is 5.33. The highest BCUT2D eigenvalue weighted by atomic mass is 35.5. The predicted octanol–water partition coefficient (Wildman–Crippen LogP) is 2.80. The summed E-state index contributed by atoms with van der Waals surface area (Å²) >= 11 is 5.93. The lowest BCUT2D eigenvalue weighted by atomic mass is 9.89. The molecular formula is C15H20ClFN2O3. The maximum absolute atomic E-state index is 13.6. The van der Waals surface area contributed by atoms with Gasteiger partial charge in [-0.1, -0.05) is 11.6 Å². The van der Waals surface area contributed by atoms with Crippen LogP contribution in [-0.2, 0) is 4.74 Å². The Kier molecular flexibility index (Phi) is 6.42. The van der Waals surface area contributed by atoms with Gasteiger partial charge in [0, 0.05) is 24.0 Å². The van der Waals surface area contributed by atoms with Crippen molar-refractivity contribution < 1.29 is 19.0 Å². The lowest BCUT2D eigenvalue weighted by molar-refractivity contribution is 0.00477. The van der Waals surface area contributed by atoms with Crippen LogP contribution in [0.2, 0.25) is 5.02 Å². The molecule has 0 aromatic heterocycles. The third-order valence-electron chi connectivity index (χ3n) is 3.65. The maximum Gasteiger partial charge on any atom is 0.404 e. The number of halogens is 2. The van der Waals surface area contributed by atoms with Gasteiger partial charge in [-0.3, -0.25) is 0 Å². The zero-order chi connectivity index (χ0) is 15.9. The Morgan fingerprint density at radius 3 is 3.00 bits per heavy atom. The van der Waals surface area contributed by atoms with Gasteiger partial charge in [0.2, 0.25) is 0 Å². The van der Waals surface area contributed by atoms with Crippen molar-refractivity contribution in [2.24, 2.45) is 5.92 Å². The summed E-state index contributed by atoms with van der Waals surface area (Å²) in [5.41, 5.74) is 0.689. The molecule has 7 heteroatoms. The highest BCUT2D eigenvalue weighted by Crippen LogP contribution is 2.32. The first-order valence-corrected chi connectivity index (χ1v) is 7.69. The second-order valence-corrected chi connectivity index (χ2v) is 5.77. The molecule has 0 aliphatic carbocycles. The van der Waals surface area contributed by atoms with Gasteiger partial charge in [0.25, 0.3) is 0 Å². The highest BCUT2D eigenvalue weighted by Gasteiger charge is 2.26. The van der Waals surface area contributed by atoms with Crippen LogP contribution in [0, 0.1) is 11.7 Å². The Morgan fingerprint density at radius 2 is 2.36 bits per heavy atom. The van der Waals surface area contributed by atoms with E-state index in [1.165, 1.54) is 12.1 Å². The highest BCUT2D eigenvalue weighted by molar-refractivity contribution is 6.30. The number of carboxylic acid groups (broad SMARTS) is 1. The Bertz CT molecular complexity index is 489. The first kappa shape index (κ1) is 17.0. The fourth-order valence-corrected chi connectivity index (χ4v) is 2.96. The van der Waals surface area contributed by atoms with Crippen LogP contribution in [0.4, 0.5) is 9.18 Å². The van der Waals surface area contributed by atoms with E-state index < -0.39 is 11.9 Å². The molecule has 2 rings (SSSR count). The van der Waals surface area contributed by atoms with Crippen LogP contribution < -0.4 is 10.6 Å². The number of piperidine rings is 1. The average Bonchev–Trinajstić information content (AvgIpc) is 2.46. The molecular weight excluding hydrogens is 311 g/mol. The monoisotopic (exact) mass is 330 g/mol. The average molecular weight is 331 g/mol. The lowest BCUT2D eigenvalue weighted by Crippen LogP contribution is -2.35. The van der Waals surface area contributed by atoms with Crippen molar-refractivity contribution in [1.29, 1.82) is 0 Å². The lowest BCUT2D eigenvalue weighted by Gasteiger charge is -2.31. The van der Waals surface area contributed by atoms with Crippen molar-refractivity contribution in [1.82, 2.24) is 10.6 Å². The van der Waals surface area contributed by atoms with Crippen molar-refractivity contribution in [2.45, 2.75) is 18.9 Å². The van der Waals surface area contributed by atoms with Gasteiger partial charge in [-0.25, -0.2) is 9.18 Å². The maximum atomic E-state index is 13.6. The van der Waals surface area contributed by atoms with E-state index >= 15 is 0 Å². The van der Waals surface area contributed by atoms with Crippen molar-refractivity contribution in [3.8, 4) is 0 Å². The van der Waals surface area contributed by atoms with E-state index in [0.29, 0.717) is 10.6 Å². The van der Waals surface area contributed by atoms with Crippen molar-refractivity contribution in [3.05, 3.63) is 34.6 Å². The van der Waals surface area contributed by atoms with Gasteiger partial charge in [0.05, 0.1) is 12.7 Å². The quantitative estimate of drug-likeness (QED) is 0.701. The first-order valence-electron chi connectivity index (χ1n) is 7.31. The van der Waals surface area contributed by atoms with Crippen LogP contribution in [0.5, 0.6) is 0 Å². The molecule has 2 atom stereocenters. The topological polar surface area (TPSA) is 70.6 Å². The molecule has 1 unspecified atom stereocenters. The van der Waals surface area contributed by atoms with E-state index in [1.54, 1.807) is 6.07 Å². The Labute approximate surface area is 133 Å². The molecule has 0 radical (unpaired) electrons. The Morgan fingerprint density at radius 1 is 1.55 bits per heavy atom. The zero-order valence-corrected chi connectivity index (χ0v) is 12.9. The van der Waals surface area contributed by atoms with Crippen LogP contribution >= 0.6 is 11.6 Å². The fraction of sp³-hybridized carbons (Fsp3) is 0.533. The van der Waals surface area contributed by atoms with Crippen LogP contribution in [0.15, 0.2) is 18.2 Å². The molecule has 22 heavy (non-hydrogen) atoms. The summed E-state index contributed by atoms with van der Waals surface area (Å²) in [4.78, 5) is 10.5. The summed E-state index contributed by atoms with van der Waals surface area (Å²) < 4.78 is 19.4. The van der Waals surface area contributed by atoms with Crippen molar-refractivity contribution >= 4 is 17.7 Å². The minimum atomic E-state index is -1.09. The van der Waals surface area contributed by atoms with Crippen LogP contribution in [-0.4, -0.2) is 37.4 Å². The molecule has 1 heterocycles. The predicted molar refractivity (Wildman–Crippen MR) is 81.7 cm³/mol. The van der Waals surface area contributed by atoms with E-state index in [9.17, 15) is 9.18 Å². The molecule has 0 bridgehead atoms. The largest absolute Gasteiger partial charge is 0.465 e. The molecule has 0 spiro atoms. The van der Waals surface area contributed by atoms with Crippen LogP contribution in [0.1, 0.15) is 24.5 Å². The van der Waals surface area contributed by atoms with E-state index in [1.807, 2.05) is 0 Å². The smallest absolute Gasteiger partial charge is 0.404 e. The summed E-state index contributed by atoms with van der Waals surface area (Å²) in [6, 6.07) is 4.39. The van der Waals surface area contributed by atoms with Gasteiger partial charge in [-0.2, -0.15) is 0 Å². The molecule has 1 aliphatic heterocycles. The molecule has 1 amide bonds. The molecule has 1 aromatic carbocycles. The molecule has 1 aromatic rings. The number of ether oxygens (including phenoxy) is 1. The second kappa shape index (κ2) is 8.31. The summed E-state index contributed by atoms with van der Waals surface area (Å²) in [5.74, 6) is -0.194. The number of amides is 1. The van der Waals surface area contributed by atoms with Crippen LogP contribution in [0.25, 0.3) is 0 Å². The summed E-state index contributed by atoms with van der Waals surface area (Å²) in [6.45, 7) is 2.16. The number of benzene rings is 1. The van der Waals surface area contributed by atoms with E-state index in [0.717, 1.165) is 25.9 Å². The fourth-order valence-electron chi connectivity index (χ4n) is 2.72. The van der Waals surface area contributed by atoms with Crippen LogP contribution in [0.3, 0.4) is 0 Å². The minimum absolute atomic E-state index is 0.190. The normalized spacial score (nSPS) is 19.6. The SMILES string of the molecule is O=C(O)NCCO[C@@H](c1cc(F)cc(Cl)c1)C1CCCNC1. The van der Waals surface area contributed by atoms with Gasteiger partial charge in [-0.15, -0.1) is 0 Å². The Balaban J connectivity index is 2.07. The first-order chi connectivity index (χ1) is 10.6. The van der Waals surface area contributed by atoms with E-state index in [2.05, 4.69) is 10.6 Å². The third kappa shape index (κ3) is 5.12.